The van der Waals surface area contributed by atoms with Crippen molar-refractivity contribution in [2.24, 2.45) is 11.6 Å². The second kappa shape index (κ2) is 7.21. The number of primary amides is 1. The van der Waals surface area contributed by atoms with Gasteiger partial charge in [-0.25, -0.2) is 5.84 Å². The fourth-order valence-corrected chi connectivity index (χ4v) is 1.84. The summed E-state index contributed by atoms with van der Waals surface area (Å²) in [5.41, 5.74) is 7.37. The van der Waals surface area contributed by atoms with Crippen molar-refractivity contribution in [1.82, 2.24) is 10.3 Å². The van der Waals surface area contributed by atoms with E-state index in [4.69, 9.17) is 16.3 Å². The maximum Gasteiger partial charge on any atom is 0.237 e. The van der Waals surface area contributed by atoms with E-state index in [1.54, 1.807) is 0 Å². The first-order chi connectivity index (χ1) is 8.15. The third-order valence-corrected chi connectivity index (χ3v) is 2.83. The van der Waals surface area contributed by atoms with Gasteiger partial charge >= 0.3 is 0 Å². The van der Waals surface area contributed by atoms with Gasteiger partial charge in [-0.2, -0.15) is 0 Å². The second-order valence-electron chi connectivity index (χ2n) is 4.05. The Labute approximate surface area is 100 Å². The zero-order chi connectivity index (χ0) is 12.7. The molecule has 0 spiro atoms. The number of nitrogens with zero attached hydrogens (tertiary/aromatic N) is 1. The Hall–Kier alpha value is -1.18. The fraction of sp³-hybridized carbons (Fsp3) is 0.800. The van der Waals surface area contributed by atoms with Gasteiger partial charge in [-0.05, 0) is 19.4 Å². The fourth-order valence-electron chi connectivity index (χ4n) is 1.84. The van der Waals surface area contributed by atoms with E-state index in [0.29, 0.717) is 26.2 Å². The van der Waals surface area contributed by atoms with E-state index in [-0.39, 0.29) is 17.9 Å². The van der Waals surface area contributed by atoms with Gasteiger partial charge in [0, 0.05) is 13.0 Å². The number of amides is 2. The standard InChI is InChI=1S/C10H20N4O3/c11-10(16)8-7-17-6-5-14(8)4-2-1-3-9(15)13-12/h8H,1-7,12H2,(H2,11,16)(H,13,15). The lowest BCUT2D eigenvalue weighted by Gasteiger charge is -2.33. The lowest BCUT2D eigenvalue weighted by molar-refractivity contribution is -0.129. The van der Waals surface area contributed by atoms with Crippen molar-refractivity contribution in [3.8, 4) is 0 Å². The van der Waals surface area contributed by atoms with Crippen LogP contribution in [0.1, 0.15) is 19.3 Å². The topological polar surface area (TPSA) is 111 Å². The van der Waals surface area contributed by atoms with Crippen LogP contribution in [0.4, 0.5) is 0 Å². The first kappa shape index (κ1) is 13.9. The van der Waals surface area contributed by atoms with Crippen LogP contribution in [0.3, 0.4) is 0 Å². The van der Waals surface area contributed by atoms with Crippen molar-refractivity contribution in [2.75, 3.05) is 26.3 Å². The normalized spacial score (nSPS) is 21.1. The predicted octanol–water partition coefficient (Wildman–Crippen LogP) is -1.67. The van der Waals surface area contributed by atoms with Gasteiger partial charge in [0.05, 0.1) is 13.2 Å². The molecular weight excluding hydrogens is 224 g/mol. The molecule has 1 rings (SSSR count). The number of carbonyl (C=O) groups is 2. The monoisotopic (exact) mass is 244 g/mol. The number of nitrogens with one attached hydrogen (secondary N) is 1. The number of rotatable bonds is 6. The summed E-state index contributed by atoms with van der Waals surface area (Å²) in [6.45, 7) is 2.43. The molecule has 1 saturated heterocycles. The lowest BCUT2D eigenvalue weighted by Crippen LogP contribution is -2.52. The van der Waals surface area contributed by atoms with E-state index in [1.807, 2.05) is 4.90 Å². The van der Waals surface area contributed by atoms with E-state index < -0.39 is 0 Å². The molecule has 0 aromatic rings. The molecule has 1 fully saturated rings. The third kappa shape index (κ3) is 4.68. The smallest absolute Gasteiger partial charge is 0.237 e. The van der Waals surface area contributed by atoms with E-state index in [9.17, 15) is 9.59 Å². The lowest BCUT2D eigenvalue weighted by atomic mass is 10.1. The summed E-state index contributed by atoms with van der Waals surface area (Å²) in [5, 5.41) is 0. The van der Waals surface area contributed by atoms with Crippen LogP contribution in [-0.4, -0.2) is 49.1 Å². The van der Waals surface area contributed by atoms with Gasteiger partial charge < -0.3 is 10.5 Å². The van der Waals surface area contributed by atoms with Crippen LogP contribution in [0.5, 0.6) is 0 Å². The molecule has 1 atom stereocenters. The van der Waals surface area contributed by atoms with Gasteiger partial charge in [0.1, 0.15) is 6.04 Å². The molecule has 1 heterocycles. The molecule has 0 bridgehead atoms. The third-order valence-electron chi connectivity index (χ3n) is 2.83. The van der Waals surface area contributed by atoms with Crippen molar-refractivity contribution in [3.05, 3.63) is 0 Å². The van der Waals surface area contributed by atoms with Crippen molar-refractivity contribution in [3.63, 3.8) is 0 Å². The number of morpholine rings is 1. The van der Waals surface area contributed by atoms with Gasteiger partial charge in [0.15, 0.2) is 0 Å². The molecule has 7 heteroatoms. The van der Waals surface area contributed by atoms with Gasteiger partial charge in [-0.1, -0.05) is 0 Å². The maximum atomic E-state index is 11.2. The van der Waals surface area contributed by atoms with Gasteiger partial charge in [-0.3, -0.25) is 19.9 Å². The number of ether oxygens (including phenoxy) is 1. The predicted molar refractivity (Wildman–Crippen MR) is 61.6 cm³/mol. The molecule has 1 unspecified atom stereocenters. The Kier molecular flexibility index (Phi) is 5.88. The number of carbonyl (C=O) groups excluding carboxylic acids is 2. The zero-order valence-electron chi connectivity index (χ0n) is 9.85. The van der Waals surface area contributed by atoms with E-state index in [0.717, 1.165) is 19.4 Å². The molecule has 2 amide bonds. The van der Waals surface area contributed by atoms with Crippen LogP contribution in [-0.2, 0) is 14.3 Å². The van der Waals surface area contributed by atoms with Crippen LogP contribution in [0, 0.1) is 0 Å². The summed E-state index contributed by atoms with van der Waals surface area (Å²) in [6.07, 6.45) is 1.98. The molecule has 5 N–H and O–H groups in total. The molecule has 17 heavy (non-hydrogen) atoms. The summed E-state index contributed by atoms with van der Waals surface area (Å²) in [5.74, 6) is 4.45. The van der Waals surface area contributed by atoms with Crippen LogP contribution in [0.25, 0.3) is 0 Å². The van der Waals surface area contributed by atoms with E-state index in [2.05, 4.69) is 5.43 Å². The molecule has 7 nitrogen and oxygen atoms in total. The first-order valence-corrected chi connectivity index (χ1v) is 5.75. The summed E-state index contributed by atoms with van der Waals surface area (Å²) in [7, 11) is 0. The quantitative estimate of drug-likeness (QED) is 0.224. The molecule has 0 radical (unpaired) electrons. The number of nitrogens with two attached hydrogens (primary N) is 2. The SMILES string of the molecule is NNC(=O)CCCCN1CCOCC1C(N)=O. The molecule has 98 valence electrons. The molecule has 0 saturated carbocycles. The van der Waals surface area contributed by atoms with Gasteiger partial charge in [0.25, 0.3) is 0 Å². The van der Waals surface area contributed by atoms with Gasteiger partial charge in [0.2, 0.25) is 11.8 Å². The minimum atomic E-state index is -0.357. The Morgan fingerprint density at radius 1 is 1.41 bits per heavy atom. The summed E-state index contributed by atoms with van der Waals surface area (Å²) < 4.78 is 5.21. The highest BCUT2D eigenvalue weighted by atomic mass is 16.5. The summed E-state index contributed by atoms with van der Waals surface area (Å²) in [6, 6.07) is -0.341. The van der Waals surface area contributed by atoms with Crippen LogP contribution >= 0.6 is 0 Å². The van der Waals surface area contributed by atoms with E-state index >= 15 is 0 Å². The molecular formula is C10H20N4O3. The Morgan fingerprint density at radius 3 is 2.82 bits per heavy atom. The van der Waals surface area contributed by atoms with E-state index in [1.165, 1.54) is 0 Å². The second-order valence-corrected chi connectivity index (χ2v) is 4.05. The largest absolute Gasteiger partial charge is 0.378 e. The highest BCUT2D eigenvalue weighted by Crippen LogP contribution is 2.08. The molecule has 0 aromatic carbocycles. The minimum absolute atomic E-state index is 0.168. The van der Waals surface area contributed by atoms with Crippen molar-refractivity contribution >= 4 is 11.8 Å². The summed E-state index contributed by atoms with van der Waals surface area (Å²) >= 11 is 0. The van der Waals surface area contributed by atoms with Crippen molar-refractivity contribution < 1.29 is 14.3 Å². The van der Waals surface area contributed by atoms with Crippen LogP contribution in [0.2, 0.25) is 0 Å². The Bertz CT molecular complexity index is 272. The zero-order valence-corrected chi connectivity index (χ0v) is 9.85. The molecule has 1 aliphatic rings. The van der Waals surface area contributed by atoms with Crippen LogP contribution in [0.15, 0.2) is 0 Å². The Balaban J connectivity index is 2.24. The van der Waals surface area contributed by atoms with Crippen molar-refractivity contribution in [1.29, 1.82) is 0 Å². The molecule has 1 aliphatic heterocycles. The van der Waals surface area contributed by atoms with Gasteiger partial charge in [-0.15, -0.1) is 0 Å². The molecule has 0 aromatic heterocycles. The van der Waals surface area contributed by atoms with Crippen LogP contribution < -0.4 is 17.0 Å². The average Bonchev–Trinajstić information content (AvgIpc) is 2.34. The average molecular weight is 244 g/mol. The Morgan fingerprint density at radius 2 is 2.18 bits per heavy atom. The highest BCUT2D eigenvalue weighted by molar-refractivity contribution is 5.80. The first-order valence-electron chi connectivity index (χ1n) is 5.75. The highest BCUT2D eigenvalue weighted by Gasteiger charge is 2.26. The maximum absolute atomic E-state index is 11.2. The number of hydrazine groups is 1. The summed E-state index contributed by atoms with van der Waals surface area (Å²) in [4.78, 5) is 24.1. The number of hydrogen-bond donors (Lipinski definition) is 3. The number of hydrogen-bond acceptors (Lipinski definition) is 5. The van der Waals surface area contributed by atoms with Crippen molar-refractivity contribution in [2.45, 2.75) is 25.3 Å². The number of unbranched alkanes of at least 4 members (excludes halogenated alkanes) is 1. The molecule has 0 aliphatic carbocycles. The minimum Gasteiger partial charge on any atom is -0.378 e.